The van der Waals surface area contributed by atoms with Crippen molar-refractivity contribution < 1.29 is 37.3 Å². The number of benzene rings is 2. The van der Waals surface area contributed by atoms with Crippen LogP contribution in [0.5, 0.6) is 11.5 Å². The molecule has 0 aromatic heterocycles. The molecule has 2 aromatic carbocycles. The normalized spacial score (nSPS) is 12.4. The van der Waals surface area contributed by atoms with E-state index in [4.69, 9.17) is 32.7 Å². The van der Waals surface area contributed by atoms with E-state index in [0.29, 0.717) is 6.07 Å². The number of rotatable bonds is 6. The summed E-state index contributed by atoms with van der Waals surface area (Å²) in [5, 5.41) is 8.87. The summed E-state index contributed by atoms with van der Waals surface area (Å²) >= 11 is 12.0. The number of ether oxygens (including phenoxy) is 2. The third kappa shape index (κ3) is 5.33. The van der Waals surface area contributed by atoms with Crippen molar-refractivity contribution in [3.8, 4) is 11.5 Å². The van der Waals surface area contributed by atoms with Gasteiger partial charge < -0.3 is 14.6 Å². The zero-order chi connectivity index (χ0) is 21.9. The molecular weight excluding hydrogens is 436 g/mol. The predicted octanol–water partition coefficient (Wildman–Crippen LogP) is 6.17. The Morgan fingerprint density at radius 3 is 2.34 bits per heavy atom. The van der Waals surface area contributed by atoms with Crippen molar-refractivity contribution in [2.75, 3.05) is 6.61 Å². The van der Waals surface area contributed by atoms with Gasteiger partial charge in [0.05, 0.1) is 33.7 Å². The minimum atomic E-state index is -4.58. The fourth-order valence-electron chi connectivity index (χ4n) is 2.43. The maximum absolute atomic E-state index is 12.8. The highest BCUT2D eigenvalue weighted by molar-refractivity contribution is 6.34. The number of hydrogen-bond acceptors (Lipinski definition) is 4. The number of esters is 1. The molecule has 0 amide bonds. The predicted molar refractivity (Wildman–Crippen MR) is 100.0 cm³/mol. The Balaban J connectivity index is 2.48. The lowest BCUT2D eigenvalue weighted by Gasteiger charge is -2.17. The lowest BCUT2D eigenvalue weighted by Crippen LogP contribution is -2.14. The average molecular weight is 451 g/mol. The maximum Gasteiger partial charge on any atom is 0.416 e. The van der Waals surface area contributed by atoms with Crippen molar-refractivity contribution in [2.24, 2.45) is 0 Å². The zero-order valence-corrected chi connectivity index (χ0v) is 16.7. The van der Waals surface area contributed by atoms with Crippen LogP contribution in [0.2, 0.25) is 10.0 Å². The quantitative estimate of drug-likeness (QED) is 0.532. The molecule has 1 N–H and O–H groups in total. The smallest absolute Gasteiger partial charge is 0.416 e. The Labute approximate surface area is 173 Å². The van der Waals surface area contributed by atoms with E-state index in [-0.39, 0.29) is 39.3 Å². The van der Waals surface area contributed by atoms with E-state index in [0.717, 1.165) is 18.2 Å². The summed E-state index contributed by atoms with van der Waals surface area (Å²) in [7, 11) is 0. The van der Waals surface area contributed by atoms with Gasteiger partial charge in [-0.25, -0.2) is 4.79 Å². The number of halogens is 5. The fraction of sp³-hybridized carbons (Fsp3) is 0.263. The highest BCUT2D eigenvalue weighted by Crippen LogP contribution is 2.39. The zero-order valence-electron chi connectivity index (χ0n) is 15.1. The summed E-state index contributed by atoms with van der Waals surface area (Å²) in [6.45, 7) is 3.20. The molecule has 0 aliphatic rings. The number of hydrogen-bond donors (Lipinski definition) is 1. The summed E-state index contributed by atoms with van der Waals surface area (Å²) in [6.07, 6.45) is -4.58. The summed E-state index contributed by atoms with van der Waals surface area (Å²) in [5.74, 6) is -3.12. The standard InChI is InChI=1S/C19H15Cl2F3O5/c1-3-28-18(27)9(2)12-7-11(8-13(16(12)21)17(25)26)29-15-5-4-10(6-14(15)20)19(22,23)24/h4-9H,3H2,1-2H3,(H,25,26)/t9-/m0/s1. The lowest BCUT2D eigenvalue weighted by atomic mass is 9.98. The van der Waals surface area contributed by atoms with Crippen LogP contribution in [0.3, 0.4) is 0 Å². The van der Waals surface area contributed by atoms with Gasteiger partial charge in [0, 0.05) is 0 Å². The SMILES string of the molecule is CCOC(=O)[C@@H](C)c1cc(Oc2ccc(C(F)(F)F)cc2Cl)cc(C(=O)O)c1Cl. The second-order valence-corrected chi connectivity index (χ2v) is 6.68. The van der Waals surface area contributed by atoms with Gasteiger partial charge in [0.2, 0.25) is 0 Å². The summed E-state index contributed by atoms with van der Waals surface area (Å²) in [4.78, 5) is 23.5. The van der Waals surface area contributed by atoms with E-state index < -0.39 is 29.6 Å². The van der Waals surface area contributed by atoms with Crippen LogP contribution in [0.1, 0.15) is 41.3 Å². The third-order valence-corrected chi connectivity index (χ3v) is 4.62. The molecule has 0 fully saturated rings. The molecule has 1 atom stereocenters. The molecule has 0 spiro atoms. The van der Waals surface area contributed by atoms with Crippen LogP contribution < -0.4 is 4.74 Å². The largest absolute Gasteiger partial charge is 0.478 e. The Morgan fingerprint density at radius 1 is 1.17 bits per heavy atom. The number of carbonyl (C=O) groups excluding carboxylic acids is 1. The highest BCUT2D eigenvalue weighted by atomic mass is 35.5. The second kappa shape index (κ2) is 8.92. The first kappa shape index (κ1) is 22.8. The summed E-state index contributed by atoms with van der Waals surface area (Å²) in [6, 6.07) is 4.86. The van der Waals surface area contributed by atoms with Crippen LogP contribution >= 0.6 is 23.2 Å². The van der Waals surface area contributed by atoms with Crippen molar-refractivity contribution in [3.63, 3.8) is 0 Å². The van der Waals surface area contributed by atoms with E-state index in [9.17, 15) is 27.9 Å². The molecule has 0 aliphatic carbocycles. The van der Waals surface area contributed by atoms with Crippen molar-refractivity contribution in [3.05, 3.63) is 57.1 Å². The molecule has 0 aliphatic heterocycles. The minimum absolute atomic E-state index is 0.0698. The van der Waals surface area contributed by atoms with Gasteiger partial charge in [0.1, 0.15) is 11.5 Å². The monoisotopic (exact) mass is 450 g/mol. The first-order valence-electron chi connectivity index (χ1n) is 8.23. The number of alkyl halides is 3. The molecule has 0 unspecified atom stereocenters. The summed E-state index contributed by atoms with van der Waals surface area (Å²) < 4.78 is 48.7. The first-order valence-corrected chi connectivity index (χ1v) is 8.99. The molecule has 156 valence electrons. The van der Waals surface area contributed by atoms with E-state index in [2.05, 4.69) is 0 Å². The molecule has 29 heavy (non-hydrogen) atoms. The molecule has 5 nitrogen and oxygen atoms in total. The molecule has 2 aromatic rings. The summed E-state index contributed by atoms with van der Waals surface area (Å²) in [5.41, 5.74) is -1.18. The molecule has 0 saturated heterocycles. The Bertz CT molecular complexity index is 944. The van der Waals surface area contributed by atoms with Gasteiger partial charge in [-0.1, -0.05) is 23.2 Å². The Hall–Kier alpha value is -2.45. The molecule has 10 heteroatoms. The Morgan fingerprint density at radius 2 is 1.83 bits per heavy atom. The first-order chi connectivity index (χ1) is 13.5. The van der Waals surface area contributed by atoms with Crippen molar-refractivity contribution in [2.45, 2.75) is 25.9 Å². The topological polar surface area (TPSA) is 72.8 Å². The van der Waals surface area contributed by atoms with Gasteiger partial charge in [-0.15, -0.1) is 0 Å². The minimum Gasteiger partial charge on any atom is -0.478 e. The number of carboxylic acid groups (broad SMARTS) is 1. The van der Waals surface area contributed by atoms with Crippen LogP contribution in [0.25, 0.3) is 0 Å². The Kier molecular flexibility index (Phi) is 7.02. The third-order valence-electron chi connectivity index (χ3n) is 3.90. The van der Waals surface area contributed by atoms with Gasteiger partial charge in [0.15, 0.2) is 0 Å². The molecular formula is C19H15Cl2F3O5. The van der Waals surface area contributed by atoms with E-state index in [1.807, 2.05) is 0 Å². The molecule has 0 radical (unpaired) electrons. The van der Waals surface area contributed by atoms with Crippen LogP contribution in [-0.4, -0.2) is 23.7 Å². The molecule has 0 bridgehead atoms. The molecule has 0 heterocycles. The number of carbonyl (C=O) groups is 2. The average Bonchev–Trinajstić information content (AvgIpc) is 2.63. The van der Waals surface area contributed by atoms with Gasteiger partial charge in [0.25, 0.3) is 0 Å². The van der Waals surface area contributed by atoms with Crippen molar-refractivity contribution >= 4 is 35.1 Å². The van der Waals surface area contributed by atoms with Gasteiger partial charge in [-0.3, -0.25) is 4.79 Å². The molecule has 2 rings (SSSR count). The highest BCUT2D eigenvalue weighted by Gasteiger charge is 2.31. The van der Waals surface area contributed by atoms with E-state index in [1.54, 1.807) is 6.92 Å². The van der Waals surface area contributed by atoms with Crippen LogP contribution in [-0.2, 0) is 15.7 Å². The van der Waals surface area contributed by atoms with Gasteiger partial charge in [-0.05, 0) is 49.7 Å². The lowest BCUT2D eigenvalue weighted by molar-refractivity contribution is -0.144. The van der Waals surface area contributed by atoms with Gasteiger partial charge >= 0.3 is 18.1 Å². The van der Waals surface area contributed by atoms with Crippen molar-refractivity contribution in [1.29, 1.82) is 0 Å². The van der Waals surface area contributed by atoms with Gasteiger partial charge in [-0.2, -0.15) is 13.2 Å². The number of aromatic carboxylic acids is 1. The fourth-order valence-corrected chi connectivity index (χ4v) is 3.00. The van der Waals surface area contributed by atoms with Crippen LogP contribution in [0.4, 0.5) is 13.2 Å². The van der Waals surface area contributed by atoms with Crippen LogP contribution in [0.15, 0.2) is 30.3 Å². The maximum atomic E-state index is 12.8. The number of carboxylic acids is 1. The van der Waals surface area contributed by atoms with Crippen LogP contribution in [0, 0.1) is 0 Å². The molecule has 0 saturated carbocycles. The van der Waals surface area contributed by atoms with E-state index >= 15 is 0 Å². The second-order valence-electron chi connectivity index (χ2n) is 5.90. The van der Waals surface area contributed by atoms with E-state index in [1.165, 1.54) is 13.0 Å². The van der Waals surface area contributed by atoms with Crippen molar-refractivity contribution in [1.82, 2.24) is 0 Å².